The predicted molar refractivity (Wildman–Crippen MR) is 67.3 cm³/mol. The molecule has 0 spiro atoms. The maximum Gasteiger partial charge on any atom is 0.320 e. The molecule has 0 aromatic carbocycles. The Morgan fingerprint density at radius 2 is 1.83 bits per heavy atom. The molecule has 5 nitrogen and oxygen atoms in total. The van der Waals surface area contributed by atoms with Crippen LogP contribution in [-0.2, 0) is 4.79 Å². The molecule has 5 heteroatoms. The van der Waals surface area contributed by atoms with Gasteiger partial charge in [-0.25, -0.2) is 4.79 Å². The molecule has 0 aromatic heterocycles. The molecule has 102 valence electrons. The summed E-state index contributed by atoms with van der Waals surface area (Å²) in [6, 6.07) is 0.0243. The molecule has 2 amide bonds. The van der Waals surface area contributed by atoms with Gasteiger partial charge < -0.3 is 14.9 Å². The Morgan fingerprint density at radius 1 is 1.22 bits per heavy atom. The van der Waals surface area contributed by atoms with Crippen molar-refractivity contribution in [1.82, 2.24) is 9.80 Å². The van der Waals surface area contributed by atoms with Crippen LogP contribution in [0.2, 0.25) is 0 Å². The van der Waals surface area contributed by atoms with Gasteiger partial charge in [0.25, 0.3) is 0 Å². The molecular formula is C13H22N2O3. The zero-order valence-corrected chi connectivity index (χ0v) is 11.2. The number of likely N-dealkylation sites (tertiary alicyclic amines) is 2. The highest BCUT2D eigenvalue weighted by Crippen LogP contribution is 2.37. The molecule has 0 aliphatic carbocycles. The number of hydrogen-bond acceptors (Lipinski definition) is 2. The van der Waals surface area contributed by atoms with Crippen molar-refractivity contribution in [2.24, 2.45) is 11.3 Å². The molecule has 2 aliphatic rings. The van der Waals surface area contributed by atoms with Crippen molar-refractivity contribution < 1.29 is 14.7 Å². The van der Waals surface area contributed by atoms with Crippen molar-refractivity contribution in [2.45, 2.75) is 33.1 Å². The topological polar surface area (TPSA) is 60.9 Å². The van der Waals surface area contributed by atoms with Crippen LogP contribution < -0.4 is 0 Å². The van der Waals surface area contributed by atoms with Gasteiger partial charge in [-0.1, -0.05) is 13.8 Å². The largest absolute Gasteiger partial charge is 0.481 e. The number of aliphatic carboxylic acids is 1. The summed E-state index contributed by atoms with van der Waals surface area (Å²) in [4.78, 5) is 26.4. The number of nitrogens with zero attached hydrogens (tertiary/aromatic N) is 2. The quantitative estimate of drug-likeness (QED) is 0.832. The fourth-order valence-electron chi connectivity index (χ4n) is 2.92. The molecule has 0 aromatic rings. The van der Waals surface area contributed by atoms with E-state index in [9.17, 15) is 9.59 Å². The van der Waals surface area contributed by atoms with Crippen molar-refractivity contribution in [1.29, 1.82) is 0 Å². The highest BCUT2D eigenvalue weighted by atomic mass is 16.4. The average Bonchev–Trinajstić information content (AvgIpc) is 2.71. The van der Waals surface area contributed by atoms with Gasteiger partial charge in [-0.15, -0.1) is 0 Å². The van der Waals surface area contributed by atoms with Crippen LogP contribution in [-0.4, -0.2) is 53.1 Å². The lowest BCUT2D eigenvalue weighted by molar-refractivity contribution is -0.146. The van der Waals surface area contributed by atoms with Crippen LogP contribution in [0.25, 0.3) is 0 Å². The van der Waals surface area contributed by atoms with E-state index >= 15 is 0 Å². The minimum atomic E-state index is -0.795. The van der Waals surface area contributed by atoms with Crippen LogP contribution in [0.15, 0.2) is 0 Å². The van der Waals surface area contributed by atoms with Crippen LogP contribution in [0.3, 0.4) is 0 Å². The molecule has 0 atom stereocenters. The van der Waals surface area contributed by atoms with E-state index in [4.69, 9.17) is 5.11 Å². The fourth-order valence-corrected chi connectivity index (χ4v) is 2.92. The van der Waals surface area contributed by atoms with Gasteiger partial charge >= 0.3 is 12.0 Å². The average molecular weight is 254 g/mol. The smallest absolute Gasteiger partial charge is 0.320 e. The van der Waals surface area contributed by atoms with Crippen LogP contribution >= 0.6 is 0 Å². The molecule has 0 radical (unpaired) electrons. The molecule has 0 unspecified atom stereocenters. The zero-order valence-electron chi connectivity index (χ0n) is 11.2. The second-order valence-electron chi connectivity index (χ2n) is 5.60. The number of carboxylic acids is 1. The Balaban J connectivity index is 1.87. The Labute approximate surface area is 108 Å². The third-order valence-corrected chi connectivity index (χ3v) is 4.71. The summed E-state index contributed by atoms with van der Waals surface area (Å²) in [6.45, 7) is 6.75. The van der Waals surface area contributed by atoms with Crippen molar-refractivity contribution >= 4 is 12.0 Å². The highest BCUT2D eigenvalue weighted by Gasteiger charge is 2.42. The molecule has 1 N–H and O–H groups in total. The Kier molecular flexibility index (Phi) is 3.50. The summed E-state index contributed by atoms with van der Waals surface area (Å²) in [6.07, 6.45) is 3.28. The minimum absolute atomic E-state index is 0.0243. The third-order valence-electron chi connectivity index (χ3n) is 4.71. The van der Waals surface area contributed by atoms with E-state index in [0.29, 0.717) is 13.1 Å². The van der Waals surface area contributed by atoms with E-state index < -0.39 is 5.97 Å². The minimum Gasteiger partial charge on any atom is -0.481 e. The van der Waals surface area contributed by atoms with E-state index in [0.717, 1.165) is 32.4 Å². The number of carbonyl (C=O) groups is 2. The van der Waals surface area contributed by atoms with Gasteiger partial charge in [0.2, 0.25) is 0 Å². The summed E-state index contributed by atoms with van der Waals surface area (Å²) in [5.74, 6) is -1.16. The van der Waals surface area contributed by atoms with Crippen LogP contribution in [0, 0.1) is 11.3 Å². The van der Waals surface area contributed by atoms with Gasteiger partial charge in [-0.05, 0) is 24.7 Å². The third kappa shape index (κ3) is 2.18. The Bertz CT molecular complexity index is 346. The molecule has 2 rings (SSSR count). The number of amides is 2. The highest BCUT2D eigenvalue weighted by molar-refractivity contribution is 5.80. The molecule has 18 heavy (non-hydrogen) atoms. The van der Waals surface area contributed by atoms with E-state index in [2.05, 4.69) is 13.8 Å². The summed E-state index contributed by atoms with van der Waals surface area (Å²) in [5.41, 5.74) is 0.284. The maximum atomic E-state index is 12.2. The normalized spacial score (nSPS) is 23.0. The van der Waals surface area contributed by atoms with Crippen molar-refractivity contribution in [3.8, 4) is 0 Å². The summed E-state index contributed by atoms with van der Waals surface area (Å²) < 4.78 is 0. The standard InChI is InChI=1S/C13H22N2O3/c1-3-13(4-2)5-6-14(9-13)12(18)15-7-10(8-15)11(16)17/h10H,3-9H2,1-2H3,(H,16,17). The first-order valence-corrected chi connectivity index (χ1v) is 6.78. The van der Waals surface area contributed by atoms with Crippen LogP contribution in [0.4, 0.5) is 4.79 Å². The van der Waals surface area contributed by atoms with Gasteiger partial charge in [0.1, 0.15) is 0 Å². The SMILES string of the molecule is CCC1(CC)CCN(C(=O)N2CC(C(=O)O)C2)C1. The molecule has 2 aliphatic heterocycles. The van der Waals surface area contributed by atoms with E-state index in [-0.39, 0.29) is 17.4 Å². The lowest BCUT2D eigenvalue weighted by atomic mass is 9.82. The van der Waals surface area contributed by atoms with E-state index in [1.54, 1.807) is 4.90 Å². The van der Waals surface area contributed by atoms with Crippen molar-refractivity contribution in [3.63, 3.8) is 0 Å². The van der Waals surface area contributed by atoms with Gasteiger partial charge in [-0.2, -0.15) is 0 Å². The Hall–Kier alpha value is -1.26. The molecular weight excluding hydrogens is 232 g/mol. The zero-order chi connectivity index (χ0) is 13.3. The molecule has 2 saturated heterocycles. The molecule has 2 heterocycles. The first-order valence-electron chi connectivity index (χ1n) is 6.78. The fraction of sp³-hybridized carbons (Fsp3) is 0.846. The number of hydrogen-bond donors (Lipinski definition) is 1. The lowest BCUT2D eigenvalue weighted by Gasteiger charge is -2.39. The number of rotatable bonds is 3. The summed E-state index contributed by atoms with van der Waals surface area (Å²) in [7, 11) is 0. The van der Waals surface area contributed by atoms with Gasteiger partial charge in [0.15, 0.2) is 0 Å². The number of carboxylic acid groups (broad SMARTS) is 1. The van der Waals surface area contributed by atoms with Crippen LogP contribution in [0.5, 0.6) is 0 Å². The first-order chi connectivity index (χ1) is 8.51. The summed E-state index contributed by atoms with van der Waals surface area (Å²) in [5, 5.41) is 8.81. The summed E-state index contributed by atoms with van der Waals surface area (Å²) >= 11 is 0. The second-order valence-corrected chi connectivity index (χ2v) is 5.60. The van der Waals surface area contributed by atoms with E-state index in [1.165, 1.54) is 0 Å². The Morgan fingerprint density at radius 3 is 2.28 bits per heavy atom. The number of urea groups is 1. The second kappa shape index (κ2) is 4.78. The first kappa shape index (κ1) is 13.2. The van der Waals surface area contributed by atoms with Crippen molar-refractivity contribution in [3.05, 3.63) is 0 Å². The predicted octanol–water partition coefficient (Wildman–Crippen LogP) is 1.63. The van der Waals surface area contributed by atoms with Gasteiger partial charge in [0.05, 0.1) is 5.92 Å². The van der Waals surface area contributed by atoms with E-state index in [1.807, 2.05) is 4.90 Å². The maximum absolute atomic E-state index is 12.2. The lowest BCUT2D eigenvalue weighted by Crippen LogP contribution is -2.56. The van der Waals surface area contributed by atoms with Gasteiger partial charge in [-0.3, -0.25) is 4.79 Å². The molecule has 0 bridgehead atoms. The monoisotopic (exact) mass is 254 g/mol. The van der Waals surface area contributed by atoms with Gasteiger partial charge in [0, 0.05) is 26.2 Å². The molecule has 2 fully saturated rings. The number of carbonyl (C=O) groups excluding carboxylic acids is 1. The van der Waals surface area contributed by atoms with Crippen molar-refractivity contribution in [2.75, 3.05) is 26.2 Å². The molecule has 0 saturated carbocycles. The van der Waals surface area contributed by atoms with Crippen LogP contribution in [0.1, 0.15) is 33.1 Å².